The van der Waals surface area contributed by atoms with Gasteiger partial charge >= 0.3 is 0 Å². The van der Waals surface area contributed by atoms with E-state index < -0.39 is 0 Å². The van der Waals surface area contributed by atoms with E-state index >= 15 is 0 Å². The Bertz CT molecular complexity index is 574. The SMILES string of the molecule is O=C(NCCNc1ncc(Br)cn1)c1ccc(Cl)cc1. The van der Waals surface area contributed by atoms with Gasteiger partial charge in [-0.25, -0.2) is 9.97 Å². The summed E-state index contributed by atoms with van der Waals surface area (Å²) in [6.45, 7) is 1.02. The molecule has 0 fully saturated rings. The second-order valence-electron chi connectivity index (χ2n) is 3.91. The Morgan fingerprint density at radius 2 is 1.80 bits per heavy atom. The van der Waals surface area contributed by atoms with Crippen molar-refractivity contribution in [1.82, 2.24) is 15.3 Å². The Kier molecular flexibility index (Phi) is 5.31. The molecule has 0 atom stereocenters. The molecular formula is C13H12BrClN4O. The van der Waals surface area contributed by atoms with Crippen molar-refractivity contribution in [2.24, 2.45) is 0 Å². The molecule has 20 heavy (non-hydrogen) atoms. The van der Waals surface area contributed by atoms with E-state index in [1.165, 1.54) is 0 Å². The number of hydrogen-bond acceptors (Lipinski definition) is 4. The van der Waals surface area contributed by atoms with Gasteiger partial charge in [-0.15, -0.1) is 0 Å². The summed E-state index contributed by atoms with van der Waals surface area (Å²) in [5.74, 6) is 0.383. The van der Waals surface area contributed by atoms with E-state index in [1.807, 2.05) is 0 Å². The minimum Gasteiger partial charge on any atom is -0.352 e. The lowest BCUT2D eigenvalue weighted by Gasteiger charge is -2.07. The fourth-order valence-corrected chi connectivity index (χ4v) is 1.79. The molecule has 2 N–H and O–H groups in total. The van der Waals surface area contributed by atoms with Crippen LogP contribution in [-0.2, 0) is 0 Å². The third kappa shape index (κ3) is 4.47. The van der Waals surface area contributed by atoms with Crippen LogP contribution in [0.1, 0.15) is 10.4 Å². The molecule has 1 aromatic carbocycles. The van der Waals surface area contributed by atoms with Crippen molar-refractivity contribution in [1.29, 1.82) is 0 Å². The maximum absolute atomic E-state index is 11.8. The number of halogens is 2. The molecule has 0 bridgehead atoms. The van der Waals surface area contributed by atoms with Crippen LogP contribution in [0.4, 0.5) is 5.95 Å². The number of carbonyl (C=O) groups is 1. The summed E-state index contributed by atoms with van der Waals surface area (Å²) in [6.07, 6.45) is 3.31. The average Bonchev–Trinajstić information content (AvgIpc) is 2.46. The molecule has 2 rings (SSSR count). The van der Waals surface area contributed by atoms with Gasteiger partial charge in [0.25, 0.3) is 5.91 Å². The van der Waals surface area contributed by atoms with E-state index in [0.29, 0.717) is 29.6 Å². The lowest BCUT2D eigenvalue weighted by Crippen LogP contribution is -2.29. The number of amides is 1. The Morgan fingerprint density at radius 1 is 1.15 bits per heavy atom. The zero-order chi connectivity index (χ0) is 14.4. The zero-order valence-electron chi connectivity index (χ0n) is 10.4. The second kappa shape index (κ2) is 7.21. The van der Waals surface area contributed by atoms with Gasteiger partial charge in [0.15, 0.2) is 0 Å². The van der Waals surface area contributed by atoms with Crippen LogP contribution >= 0.6 is 27.5 Å². The van der Waals surface area contributed by atoms with Crippen LogP contribution in [0.2, 0.25) is 5.02 Å². The number of nitrogens with one attached hydrogen (secondary N) is 2. The molecule has 1 aromatic heterocycles. The molecule has 1 amide bonds. The van der Waals surface area contributed by atoms with Crippen LogP contribution in [0.3, 0.4) is 0 Å². The molecule has 0 saturated carbocycles. The standard InChI is InChI=1S/C13H12BrClN4O/c14-10-7-18-13(19-8-10)17-6-5-16-12(20)9-1-3-11(15)4-2-9/h1-4,7-8H,5-6H2,(H,16,20)(H,17,18,19). The van der Waals surface area contributed by atoms with Crippen molar-refractivity contribution in [3.8, 4) is 0 Å². The van der Waals surface area contributed by atoms with Gasteiger partial charge in [-0.2, -0.15) is 0 Å². The monoisotopic (exact) mass is 354 g/mol. The average molecular weight is 356 g/mol. The topological polar surface area (TPSA) is 66.9 Å². The zero-order valence-corrected chi connectivity index (χ0v) is 12.8. The van der Waals surface area contributed by atoms with Crippen LogP contribution in [-0.4, -0.2) is 29.0 Å². The van der Waals surface area contributed by atoms with E-state index in [9.17, 15) is 4.79 Å². The minimum atomic E-state index is -0.139. The third-order valence-electron chi connectivity index (χ3n) is 2.42. The van der Waals surface area contributed by atoms with Gasteiger partial charge < -0.3 is 10.6 Å². The molecule has 0 radical (unpaired) electrons. The summed E-state index contributed by atoms with van der Waals surface area (Å²) >= 11 is 9.02. The summed E-state index contributed by atoms with van der Waals surface area (Å²) in [6, 6.07) is 6.74. The van der Waals surface area contributed by atoms with Crippen LogP contribution in [0.15, 0.2) is 41.1 Å². The van der Waals surface area contributed by atoms with Crippen LogP contribution < -0.4 is 10.6 Å². The number of benzene rings is 1. The van der Waals surface area contributed by atoms with Gasteiger partial charge in [-0.3, -0.25) is 4.79 Å². The summed E-state index contributed by atoms with van der Waals surface area (Å²) in [5.41, 5.74) is 0.578. The van der Waals surface area contributed by atoms with Crippen molar-refractivity contribution in [3.05, 3.63) is 51.7 Å². The predicted molar refractivity (Wildman–Crippen MR) is 82.0 cm³/mol. The molecule has 0 spiro atoms. The number of anilines is 1. The normalized spacial score (nSPS) is 10.1. The van der Waals surface area contributed by atoms with Crippen molar-refractivity contribution < 1.29 is 4.79 Å². The molecule has 0 aliphatic heterocycles. The van der Waals surface area contributed by atoms with E-state index in [-0.39, 0.29) is 5.91 Å². The lowest BCUT2D eigenvalue weighted by molar-refractivity contribution is 0.0955. The lowest BCUT2D eigenvalue weighted by atomic mass is 10.2. The molecule has 7 heteroatoms. The maximum Gasteiger partial charge on any atom is 0.251 e. The number of nitrogens with zero attached hydrogens (tertiary/aromatic N) is 2. The second-order valence-corrected chi connectivity index (χ2v) is 5.27. The first-order valence-electron chi connectivity index (χ1n) is 5.90. The van der Waals surface area contributed by atoms with Gasteiger partial charge in [-0.05, 0) is 40.2 Å². The van der Waals surface area contributed by atoms with Gasteiger partial charge in [0.1, 0.15) is 0 Å². The van der Waals surface area contributed by atoms with E-state index in [4.69, 9.17) is 11.6 Å². The highest BCUT2D eigenvalue weighted by Crippen LogP contribution is 2.09. The Labute approximate surface area is 129 Å². The fourth-order valence-electron chi connectivity index (χ4n) is 1.46. The highest BCUT2D eigenvalue weighted by atomic mass is 79.9. The number of rotatable bonds is 5. The Balaban J connectivity index is 1.74. The van der Waals surface area contributed by atoms with Gasteiger partial charge in [0.05, 0.1) is 4.47 Å². The summed E-state index contributed by atoms with van der Waals surface area (Å²) in [4.78, 5) is 19.9. The van der Waals surface area contributed by atoms with Gasteiger partial charge in [-0.1, -0.05) is 11.6 Å². The predicted octanol–water partition coefficient (Wildman–Crippen LogP) is 2.73. The molecule has 2 aromatic rings. The van der Waals surface area contributed by atoms with Crippen molar-refractivity contribution in [3.63, 3.8) is 0 Å². The number of carbonyl (C=O) groups excluding carboxylic acids is 1. The fraction of sp³-hybridized carbons (Fsp3) is 0.154. The summed E-state index contributed by atoms with van der Waals surface area (Å²) in [7, 11) is 0. The molecule has 0 aliphatic rings. The van der Waals surface area contributed by atoms with Gasteiger partial charge in [0.2, 0.25) is 5.95 Å². The Morgan fingerprint density at radius 3 is 2.45 bits per heavy atom. The van der Waals surface area contributed by atoms with Crippen molar-refractivity contribution in [2.75, 3.05) is 18.4 Å². The first kappa shape index (κ1) is 14.7. The highest BCUT2D eigenvalue weighted by molar-refractivity contribution is 9.10. The first-order valence-corrected chi connectivity index (χ1v) is 7.07. The first-order chi connectivity index (χ1) is 9.65. The number of aromatic nitrogens is 2. The van der Waals surface area contributed by atoms with Gasteiger partial charge in [0, 0.05) is 36.1 Å². The van der Waals surface area contributed by atoms with E-state index in [2.05, 4.69) is 36.5 Å². The van der Waals surface area contributed by atoms with Crippen LogP contribution in [0.25, 0.3) is 0 Å². The van der Waals surface area contributed by atoms with Crippen molar-refractivity contribution >= 4 is 39.4 Å². The largest absolute Gasteiger partial charge is 0.352 e. The third-order valence-corrected chi connectivity index (χ3v) is 3.08. The summed E-state index contributed by atoms with van der Waals surface area (Å²) < 4.78 is 0.819. The Hall–Kier alpha value is -1.66. The quantitative estimate of drug-likeness (QED) is 0.809. The number of hydrogen-bond donors (Lipinski definition) is 2. The molecule has 0 saturated heterocycles. The summed E-state index contributed by atoms with van der Waals surface area (Å²) in [5, 5.41) is 6.41. The molecular weight excluding hydrogens is 344 g/mol. The molecule has 5 nitrogen and oxygen atoms in total. The molecule has 1 heterocycles. The maximum atomic E-state index is 11.8. The molecule has 0 unspecified atom stereocenters. The highest BCUT2D eigenvalue weighted by Gasteiger charge is 2.04. The van der Waals surface area contributed by atoms with Crippen LogP contribution in [0.5, 0.6) is 0 Å². The molecule has 0 aliphatic carbocycles. The minimum absolute atomic E-state index is 0.139. The smallest absolute Gasteiger partial charge is 0.251 e. The van der Waals surface area contributed by atoms with E-state index in [1.54, 1.807) is 36.7 Å². The van der Waals surface area contributed by atoms with E-state index in [0.717, 1.165) is 4.47 Å². The van der Waals surface area contributed by atoms with Crippen molar-refractivity contribution in [2.45, 2.75) is 0 Å². The van der Waals surface area contributed by atoms with Crippen LogP contribution in [0, 0.1) is 0 Å². The molecule has 104 valence electrons.